The van der Waals surface area contributed by atoms with Crippen molar-refractivity contribution in [1.29, 1.82) is 0 Å². The molecular formula is C22H46O3Si. The highest BCUT2D eigenvalue weighted by Crippen LogP contribution is 2.38. The van der Waals surface area contributed by atoms with E-state index >= 15 is 0 Å². The first-order chi connectivity index (χ1) is 12.1. The lowest BCUT2D eigenvalue weighted by Crippen LogP contribution is -2.44. The number of carbonyl (C=O) groups is 1. The molecule has 3 nitrogen and oxygen atoms in total. The van der Waals surface area contributed by atoms with Gasteiger partial charge in [-0.25, -0.2) is 0 Å². The molecule has 0 spiro atoms. The van der Waals surface area contributed by atoms with E-state index in [1.165, 1.54) is 64.2 Å². The summed E-state index contributed by atoms with van der Waals surface area (Å²) < 4.78 is 6.36. The maximum absolute atomic E-state index is 11.2. The quantitative estimate of drug-likeness (QED) is 0.220. The summed E-state index contributed by atoms with van der Waals surface area (Å²) in [4.78, 5) is 11.2. The fourth-order valence-corrected chi connectivity index (χ4v) is 4.42. The topological polar surface area (TPSA) is 46.5 Å². The van der Waals surface area contributed by atoms with Gasteiger partial charge in [0.25, 0.3) is 0 Å². The van der Waals surface area contributed by atoms with Gasteiger partial charge >= 0.3 is 5.97 Å². The van der Waals surface area contributed by atoms with Gasteiger partial charge in [0, 0.05) is 0 Å². The van der Waals surface area contributed by atoms with E-state index in [0.29, 0.717) is 0 Å². The largest absolute Gasteiger partial charge is 0.481 e. The molecule has 0 unspecified atom stereocenters. The Hall–Kier alpha value is -0.353. The number of carboxylic acids is 1. The van der Waals surface area contributed by atoms with Crippen molar-refractivity contribution in [2.75, 3.05) is 0 Å². The van der Waals surface area contributed by atoms with Gasteiger partial charge in [-0.3, -0.25) is 4.79 Å². The van der Waals surface area contributed by atoms with Gasteiger partial charge in [0.2, 0.25) is 0 Å². The number of aliphatic carboxylic acids is 1. The van der Waals surface area contributed by atoms with Crippen LogP contribution in [0, 0.1) is 0 Å². The summed E-state index contributed by atoms with van der Waals surface area (Å²) in [7, 11) is -1.90. The average molecular weight is 387 g/mol. The average Bonchev–Trinajstić information content (AvgIpc) is 2.50. The van der Waals surface area contributed by atoms with Crippen molar-refractivity contribution in [2.24, 2.45) is 0 Å². The molecule has 1 atom stereocenters. The lowest BCUT2D eigenvalue weighted by atomic mass is 10.0. The third-order valence-electron chi connectivity index (χ3n) is 5.80. The molecule has 0 heterocycles. The summed E-state index contributed by atoms with van der Waals surface area (Å²) in [6.45, 7) is 13.3. The molecule has 0 saturated heterocycles. The van der Waals surface area contributed by atoms with Crippen LogP contribution in [0.3, 0.4) is 0 Å². The van der Waals surface area contributed by atoms with E-state index in [1.54, 1.807) is 0 Å². The van der Waals surface area contributed by atoms with Gasteiger partial charge in [-0.15, -0.1) is 0 Å². The second-order valence-electron chi connectivity index (χ2n) is 9.42. The predicted octanol–water partition coefficient (Wildman–Crippen LogP) is 7.55. The maximum atomic E-state index is 11.2. The molecule has 0 amide bonds. The highest BCUT2D eigenvalue weighted by Gasteiger charge is 2.39. The smallest absolute Gasteiger partial charge is 0.305 e. The number of hydrogen-bond acceptors (Lipinski definition) is 2. The minimum absolute atomic E-state index is 0.119. The first kappa shape index (κ1) is 25.6. The molecule has 0 saturated carbocycles. The normalized spacial score (nSPS) is 13.8. The highest BCUT2D eigenvalue weighted by molar-refractivity contribution is 6.74. The van der Waals surface area contributed by atoms with E-state index in [1.807, 2.05) is 0 Å². The zero-order valence-electron chi connectivity index (χ0n) is 18.5. The second-order valence-corrected chi connectivity index (χ2v) is 14.2. The Morgan fingerprint density at radius 2 is 1.31 bits per heavy atom. The maximum Gasteiger partial charge on any atom is 0.305 e. The number of rotatable bonds is 16. The molecular weight excluding hydrogens is 340 g/mol. The van der Waals surface area contributed by atoms with E-state index in [4.69, 9.17) is 4.43 Å². The molecule has 0 bridgehead atoms. The summed E-state index contributed by atoms with van der Waals surface area (Å²) in [5.41, 5.74) is 0. The minimum Gasteiger partial charge on any atom is -0.481 e. The lowest BCUT2D eigenvalue weighted by molar-refractivity contribution is -0.139. The summed E-state index contributed by atoms with van der Waals surface area (Å²) in [5, 5.41) is 9.32. The molecule has 0 aliphatic rings. The summed E-state index contributed by atoms with van der Waals surface area (Å²) in [5.74, 6) is -0.739. The lowest BCUT2D eigenvalue weighted by Gasteiger charge is -2.39. The first-order valence-corrected chi connectivity index (χ1v) is 13.9. The zero-order valence-corrected chi connectivity index (χ0v) is 19.5. The van der Waals surface area contributed by atoms with Gasteiger partial charge in [-0.05, 0) is 24.6 Å². The van der Waals surface area contributed by atoms with Crippen LogP contribution in [-0.2, 0) is 9.22 Å². The third-order valence-corrected chi connectivity index (χ3v) is 10.3. The molecule has 0 rings (SSSR count). The summed E-state index contributed by atoms with van der Waals surface area (Å²) in [6.07, 6.45) is 15.4. The van der Waals surface area contributed by atoms with Gasteiger partial charge < -0.3 is 9.53 Å². The third kappa shape index (κ3) is 12.9. The Labute approximate surface area is 164 Å². The van der Waals surface area contributed by atoms with Crippen LogP contribution in [0.5, 0.6) is 0 Å². The molecule has 0 aliphatic heterocycles. The van der Waals surface area contributed by atoms with Crippen molar-refractivity contribution < 1.29 is 14.3 Å². The van der Waals surface area contributed by atoms with Gasteiger partial charge in [0.15, 0.2) is 8.32 Å². The van der Waals surface area contributed by atoms with Crippen LogP contribution in [-0.4, -0.2) is 25.5 Å². The van der Waals surface area contributed by atoms with Crippen LogP contribution >= 0.6 is 0 Å². The fraction of sp³-hybridized carbons (Fsp3) is 0.955. The van der Waals surface area contributed by atoms with Crippen molar-refractivity contribution in [1.82, 2.24) is 0 Å². The van der Waals surface area contributed by atoms with Gasteiger partial charge in [-0.2, -0.15) is 0 Å². The molecule has 156 valence electrons. The Morgan fingerprint density at radius 1 is 0.885 bits per heavy atom. The van der Waals surface area contributed by atoms with E-state index in [9.17, 15) is 9.90 Å². The Morgan fingerprint density at radius 3 is 1.69 bits per heavy atom. The monoisotopic (exact) mass is 386 g/mol. The molecule has 0 aromatic rings. The van der Waals surface area contributed by atoms with Gasteiger partial charge in [0.05, 0.1) is 12.5 Å². The van der Waals surface area contributed by atoms with Crippen LogP contribution in [0.4, 0.5) is 0 Å². The molecule has 1 N–H and O–H groups in total. The second kappa shape index (κ2) is 13.8. The van der Waals surface area contributed by atoms with Crippen molar-refractivity contribution in [3.63, 3.8) is 0 Å². The van der Waals surface area contributed by atoms with E-state index in [-0.39, 0.29) is 17.6 Å². The van der Waals surface area contributed by atoms with Gasteiger partial charge in [0.1, 0.15) is 0 Å². The van der Waals surface area contributed by atoms with E-state index in [2.05, 4.69) is 40.8 Å². The highest BCUT2D eigenvalue weighted by atomic mass is 28.4. The fourth-order valence-electron chi connectivity index (χ4n) is 3.03. The molecule has 0 fully saturated rings. The molecule has 26 heavy (non-hydrogen) atoms. The summed E-state index contributed by atoms with van der Waals surface area (Å²) in [6, 6.07) is 0. The number of carboxylic acid groups (broad SMARTS) is 1. The SMILES string of the molecule is CCCCCCCCCCCCC[C@H](CC(=O)O)O[Si](C)(C)C(C)(C)C. The van der Waals surface area contributed by atoms with Crippen LogP contribution in [0.2, 0.25) is 18.1 Å². The zero-order chi connectivity index (χ0) is 20.1. The molecule has 0 aromatic heterocycles. The predicted molar refractivity (Wildman–Crippen MR) is 115 cm³/mol. The van der Waals surface area contributed by atoms with E-state index in [0.717, 1.165) is 12.8 Å². The Kier molecular flexibility index (Phi) is 13.6. The molecule has 0 radical (unpaired) electrons. The van der Waals surface area contributed by atoms with Gasteiger partial charge in [-0.1, -0.05) is 98.3 Å². The van der Waals surface area contributed by atoms with Crippen LogP contribution in [0.15, 0.2) is 0 Å². The Bertz CT molecular complexity index is 361. The first-order valence-electron chi connectivity index (χ1n) is 11.0. The van der Waals surface area contributed by atoms with Crippen LogP contribution in [0.25, 0.3) is 0 Å². The van der Waals surface area contributed by atoms with Crippen molar-refractivity contribution in [3.8, 4) is 0 Å². The van der Waals surface area contributed by atoms with Crippen molar-refractivity contribution >= 4 is 14.3 Å². The minimum atomic E-state index is -1.90. The van der Waals surface area contributed by atoms with Crippen LogP contribution < -0.4 is 0 Å². The Balaban J connectivity index is 3.93. The summed E-state index contributed by atoms with van der Waals surface area (Å²) >= 11 is 0. The van der Waals surface area contributed by atoms with Crippen molar-refractivity contribution in [2.45, 2.75) is 135 Å². The number of hydrogen-bond donors (Lipinski definition) is 1. The number of unbranched alkanes of at least 4 members (excludes halogenated alkanes) is 10. The molecule has 4 heteroatoms. The molecule has 0 aliphatic carbocycles. The van der Waals surface area contributed by atoms with Crippen LogP contribution in [0.1, 0.15) is 111 Å². The standard InChI is InChI=1S/C22H46O3Si/c1-7-8-9-10-11-12-13-14-15-16-17-18-20(19-21(23)24)25-26(5,6)22(2,3)4/h20H,7-19H2,1-6H3,(H,23,24)/t20-/m1/s1. The molecule has 0 aromatic carbocycles. The van der Waals surface area contributed by atoms with Crippen molar-refractivity contribution in [3.05, 3.63) is 0 Å². The van der Waals surface area contributed by atoms with E-state index < -0.39 is 14.3 Å².